The second kappa shape index (κ2) is 5.41. The maximum Gasteiger partial charge on any atom is 0.0604 e. The van der Waals surface area contributed by atoms with E-state index in [0.717, 1.165) is 12.1 Å². The highest BCUT2D eigenvalue weighted by atomic mass is 32.1. The molecule has 3 heteroatoms. The van der Waals surface area contributed by atoms with Crippen LogP contribution in [0.5, 0.6) is 0 Å². The molecule has 2 heterocycles. The third kappa shape index (κ3) is 2.47. The van der Waals surface area contributed by atoms with Crippen molar-refractivity contribution in [3.05, 3.63) is 59.0 Å². The van der Waals surface area contributed by atoms with Gasteiger partial charge in [0.15, 0.2) is 0 Å². The average molecular weight is 268 g/mol. The number of nitrogens with one attached hydrogen (secondary N) is 1. The largest absolute Gasteiger partial charge is 0.377 e. The molecule has 1 unspecified atom stereocenters. The molecule has 0 aliphatic rings. The Hall–Kier alpha value is -1.87. The molecule has 3 aromatic rings. The van der Waals surface area contributed by atoms with E-state index in [1.165, 1.54) is 15.6 Å². The molecule has 0 radical (unpaired) electrons. The molecule has 0 fully saturated rings. The number of benzene rings is 1. The first-order valence-corrected chi connectivity index (χ1v) is 7.39. The minimum absolute atomic E-state index is 0.366. The van der Waals surface area contributed by atoms with E-state index in [2.05, 4.69) is 52.9 Å². The number of pyridine rings is 1. The van der Waals surface area contributed by atoms with Crippen molar-refractivity contribution in [2.24, 2.45) is 0 Å². The van der Waals surface area contributed by atoms with Crippen LogP contribution in [0.4, 0.5) is 5.69 Å². The van der Waals surface area contributed by atoms with E-state index < -0.39 is 0 Å². The van der Waals surface area contributed by atoms with Crippen LogP contribution in [0.15, 0.2) is 54.2 Å². The lowest BCUT2D eigenvalue weighted by atomic mass is 10.1. The summed E-state index contributed by atoms with van der Waals surface area (Å²) in [5.74, 6) is 0. The minimum Gasteiger partial charge on any atom is -0.377 e. The highest BCUT2D eigenvalue weighted by Crippen LogP contribution is 2.29. The highest BCUT2D eigenvalue weighted by molar-refractivity contribution is 7.10. The topological polar surface area (TPSA) is 24.9 Å². The molecule has 0 saturated heterocycles. The fourth-order valence-electron chi connectivity index (χ4n) is 2.29. The molecule has 0 aliphatic carbocycles. The van der Waals surface area contributed by atoms with Crippen LogP contribution in [-0.4, -0.2) is 4.98 Å². The van der Waals surface area contributed by atoms with Crippen LogP contribution in [0.25, 0.3) is 10.8 Å². The van der Waals surface area contributed by atoms with Gasteiger partial charge in [0.2, 0.25) is 0 Å². The summed E-state index contributed by atoms with van der Waals surface area (Å²) in [6.07, 6.45) is 4.83. The molecule has 0 saturated carbocycles. The Labute approximate surface area is 117 Å². The fourth-order valence-corrected chi connectivity index (χ4v) is 3.15. The van der Waals surface area contributed by atoms with Crippen molar-refractivity contribution >= 4 is 27.8 Å². The Morgan fingerprint density at radius 2 is 2.16 bits per heavy atom. The van der Waals surface area contributed by atoms with Crippen molar-refractivity contribution in [3.8, 4) is 0 Å². The third-order valence-electron chi connectivity index (χ3n) is 3.31. The summed E-state index contributed by atoms with van der Waals surface area (Å²) in [5.41, 5.74) is 1.16. The van der Waals surface area contributed by atoms with Gasteiger partial charge in [0, 0.05) is 28.3 Å². The number of nitrogens with zero attached hydrogens (tertiary/aromatic N) is 1. The van der Waals surface area contributed by atoms with E-state index in [9.17, 15) is 0 Å². The van der Waals surface area contributed by atoms with Crippen LogP contribution in [-0.2, 0) is 0 Å². The lowest BCUT2D eigenvalue weighted by Gasteiger charge is -2.18. The van der Waals surface area contributed by atoms with Gasteiger partial charge >= 0.3 is 0 Å². The zero-order chi connectivity index (χ0) is 13.1. The first kappa shape index (κ1) is 12.2. The summed E-state index contributed by atoms with van der Waals surface area (Å²) in [6, 6.07) is 13.0. The SMILES string of the molecule is CCC(Nc1cccc2ccncc12)c1cccs1. The Morgan fingerprint density at radius 1 is 1.21 bits per heavy atom. The first-order valence-electron chi connectivity index (χ1n) is 6.51. The lowest BCUT2D eigenvalue weighted by Crippen LogP contribution is -2.08. The van der Waals surface area contributed by atoms with Crippen LogP contribution in [0, 0.1) is 0 Å². The summed E-state index contributed by atoms with van der Waals surface area (Å²) in [4.78, 5) is 5.61. The molecule has 96 valence electrons. The van der Waals surface area contributed by atoms with Gasteiger partial charge in [0.1, 0.15) is 0 Å². The van der Waals surface area contributed by atoms with Gasteiger partial charge in [-0.25, -0.2) is 0 Å². The van der Waals surface area contributed by atoms with Gasteiger partial charge in [0.05, 0.1) is 6.04 Å². The predicted molar refractivity (Wildman–Crippen MR) is 82.7 cm³/mol. The zero-order valence-corrected chi connectivity index (χ0v) is 11.7. The van der Waals surface area contributed by atoms with Gasteiger partial charge in [-0.05, 0) is 35.4 Å². The number of hydrogen-bond acceptors (Lipinski definition) is 3. The summed E-state index contributed by atoms with van der Waals surface area (Å²) < 4.78 is 0. The van der Waals surface area contributed by atoms with Crippen LogP contribution in [0.2, 0.25) is 0 Å². The van der Waals surface area contributed by atoms with Crippen molar-refractivity contribution in [2.45, 2.75) is 19.4 Å². The number of fused-ring (bicyclic) bond motifs is 1. The van der Waals surface area contributed by atoms with Gasteiger partial charge in [-0.3, -0.25) is 4.98 Å². The second-order valence-corrected chi connectivity index (χ2v) is 5.50. The Balaban J connectivity index is 1.96. The maximum absolute atomic E-state index is 4.23. The number of hydrogen-bond donors (Lipinski definition) is 1. The number of rotatable bonds is 4. The molecular formula is C16H16N2S. The molecule has 1 atom stereocenters. The molecule has 1 N–H and O–H groups in total. The highest BCUT2D eigenvalue weighted by Gasteiger charge is 2.11. The van der Waals surface area contributed by atoms with E-state index in [4.69, 9.17) is 0 Å². The lowest BCUT2D eigenvalue weighted by molar-refractivity contribution is 0.765. The summed E-state index contributed by atoms with van der Waals surface area (Å²) in [7, 11) is 0. The molecule has 0 aliphatic heterocycles. The number of aromatic nitrogens is 1. The third-order valence-corrected chi connectivity index (χ3v) is 4.29. The summed E-state index contributed by atoms with van der Waals surface area (Å²) >= 11 is 1.80. The van der Waals surface area contributed by atoms with Crippen molar-refractivity contribution in [1.82, 2.24) is 4.98 Å². The minimum atomic E-state index is 0.366. The molecule has 0 spiro atoms. The van der Waals surface area contributed by atoms with E-state index >= 15 is 0 Å². The zero-order valence-electron chi connectivity index (χ0n) is 10.8. The van der Waals surface area contributed by atoms with E-state index in [1.807, 2.05) is 18.5 Å². The second-order valence-electron chi connectivity index (χ2n) is 4.52. The molecule has 2 nitrogen and oxygen atoms in total. The molecule has 3 rings (SSSR count). The van der Waals surface area contributed by atoms with Crippen molar-refractivity contribution < 1.29 is 0 Å². The normalized spacial score (nSPS) is 12.5. The predicted octanol–water partition coefficient (Wildman–Crippen LogP) is 4.86. The van der Waals surface area contributed by atoms with Gasteiger partial charge in [-0.15, -0.1) is 11.3 Å². The first-order chi connectivity index (χ1) is 9.38. The standard InChI is InChI=1S/C16H16N2S/c1-2-14(16-7-4-10-19-16)18-15-6-3-5-12-8-9-17-11-13(12)15/h3-11,14,18H,2H2,1H3. The molecular weight excluding hydrogens is 252 g/mol. The van der Waals surface area contributed by atoms with Gasteiger partial charge in [0.25, 0.3) is 0 Å². The quantitative estimate of drug-likeness (QED) is 0.731. The number of anilines is 1. The van der Waals surface area contributed by atoms with E-state index in [-0.39, 0.29) is 0 Å². The van der Waals surface area contributed by atoms with Crippen molar-refractivity contribution in [1.29, 1.82) is 0 Å². The van der Waals surface area contributed by atoms with Crippen LogP contribution in [0.3, 0.4) is 0 Å². The molecule has 19 heavy (non-hydrogen) atoms. The van der Waals surface area contributed by atoms with Crippen LogP contribution >= 0.6 is 11.3 Å². The fraction of sp³-hybridized carbons (Fsp3) is 0.188. The van der Waals surface area contributed by atoms with Crippen LogP contribution < -0.4 is 5.32 Å². The molecule has 0 amide bonds. The van der Waals surface area contributed by atoms with Crippen molar-refractivity contribution in [3.63, 3.8) is 0 Å². The maximum atomic E-state index is 4.23. The Bertz CT molecular complexity index is 656. The summed E-state index contributed by atoms with van der Waals surface area (Å²) in [5, 5.41) is 8.18. The smallest absolute Gasteiger partial charge is 0.0604 e. The van der Waals surface area contributed by atoms with Gasteiger partial charge in [-0.1, -0.05) is 25.1 Å². The monoisotopic (exact) mass is 268 g/mol. The van der Waals surface area contributed by atoms with Crippen molar-refractivity contribution in [2.75, 3.05) is 5.32 Å². The average Bonchev–Trinajstić information content (AvgIpc) is 2.99. The Morgan fingerprint density at radius 3 is 2.95 bits per heavy atom. The molecule has 2 aromatic heterocycles. The Kier molecular flexibility index (Phi) is 3.47. The summed E-state index contributed by atoms with van der Waals surface area (Å²) in [6.45, 7) is 2.21. The van der Waals surface area contributed by atoms with Gasteiger partial charge < -0.3 is 5.32 Å². The molecule has 1 aromatic carbocycles. The molecule has 0 bridgehead atoms. The van der Waals surface area contributed by atoms with Gasteiger partial charge in [-0.2, -0.15) is 0 Å². The number of thiophene rings is 1. The van der Waals surface area contributed by atoms with E-state index in [0.29, 0.717) is 6.04 Å². The van der Waals surface area contributed by atoms with Crippen LogP contribution in [0.1, 0.15) is 24.3 Å². The van der Waals surface area contributed by atoms with E-state index in [1.54, 1.807) is 11.3 Å².